The second-order valence-corrected chi connectivity index (χ2v) is 4.88. The highest BCUT2D eigenvalue weighted by Gasteiger charge is 2.22. The van der Waals surface area contributed by atoms with E-state index in [9.17, 15) is 4.79 Å². The minimum Gasteiger partial charge on any atom is -0.381 e. The molecule has 17 heavy (non-hydrogen) atoms. The van der Waals surface area contributed by atoms with Crippen LogP contribution in [0.1, 0.15) is 40.0 Å². The maximum Gasteiger partial charge on any atom is 0.225 e. The maximum atomic E-state index is 12.1. The highest BCUT2D eigenvalue weighted by atomic mass is 16.5. The first-order valence-electron chi connectivity index (χ1n) is 6.75. The Labute approximate surface area is 105 Å². The summed E-state index contributed by atoms with van der Waals surface area (Å²) in [6.45, 7) is 9.25. The fourth-order valence-electron chi connectivity index (χ4n) is 2.20. The number of carbonyl (C=O) groups is 1. The summed E-state index contributed by atoms with van der Waals surface area (Å²) in [5.41, 5.74) is 0. The highest BCUT2D eigenvalue weighted by molar-refractivity contribution is 5.76. The smallest absolute Gasteiger partial charge is 0.225 e. The molecule has 1 fully saturated rings. The average Bonchev–Trinajstić information content (AvgIpc) is 2.78. The van der Waals surface area contributed by atoms with Crippen LogP contribution in [0.5, 0.6) is 0 Å². The Balaban J connectivity index is 2.37. The summed E-state index contributed by atoms with van der Waals surface area (Å²) in [5.74, 6) is 0.210. The lowest BCUT2D eigenvalue weighted by atomic mass is 10.2. The Morgan fingerprint density at radius 2 is 2.29 bits per heavy atom. The van der Waals surface area contributed by atoms with Crippen LogP contribution in [0.3, 0.4) is 0 Å². The van der Waals surface area contributed by atoms with Crippen molar-refractivity contribution in [3.63, 3.8) is 0 Å². The summed E-state index contributed by atoms with van der Waals surface area (Å²) in [6, 6.07) is 0.750. The average molecular weight is 242 g/mol. The molecule has 1 aliphatic rings. The van der Waals surface area contributed by atoms with Crippen LogP contribution in [-0.2, 0) is 9.53 Å². The van der Waals surface area contributed by atoms with Crippen molar-refractivity contribution in [3.8, 4) is 0 Å². The van der Waals surface area contributed by atoms with E-state index in [0.29, 0.717) is 25.7 Å². The summed E-state index contributed by atoms with van der Waals surface area (Å²) in [6.07, 6.45) is 2.91. The predicted molar refractivity (Wildman–Crippen MR) is 69.0 cm³/mol. The third-order valence-corrected chi connectivity index (χ3v) is 3.19. The fraction of sp³-hybridized carbons (Fsp3) is 0.923. The summed E-state index contributed by atoms with van der Waals surface area (Å²) in [5, 5.41) is 3.44. The van der Waals surface area contributed by atoms with E-state index in [1.807, 2.05) is 11.8 Å². The van der Waals surface area contributed by atoms with Crippen molar-refractivity contribution >= 4 is 5.91 Å². The van der Waals surface area contributed by atoms with Crippen molar-refractivity contribution in [2.24, 2.45) is 0 Å². The highest BCUT2D eigenvalue weighted by Crippen LogP contribution is 2.10. The van der Waals surface area contributed by atoms with Gasteiger partial charge in [0.05, 0.1) is 13.0 Å². The third kappa shape index (κ3) is 5.04. The molecule has 1 rings (SSSR count). The van der Waals surface area contributed by atoms with Gasteiger partial charge >= 0.3 is 0 Å². The Bertz CT molecular complexity index is 225. The lowest BCUT2D eigenvalue weighted by Gasteiger charge is -2.29. The van der Waals surface area contributed by atoms with Crippen LogP contribution in [0.2, 0.25) is 0 Å². The van der Waals surface area contributed by atoms with E-state index in [1.54, 1.807) is 0 Å². The molecular formula is C13H26N2O2. The molecule has 0 aromatic heterocycles. The quantitative estimate of drug-likeness (QED) is 0.686. The van der Waals surface area contributed by atoms with Gasteiger partial charge in [0.1, 0.15) is 0 Å². The topological polar surface area (TPSA) is 41.6 Å². The Morgan fingerprint density at radius 3 is 2.82 bits per heavy atom. The Morgan fingerprint density at radius 1 is 1.53 bits per heavy atom. The van der Waals surface area contributed by atoms with E-state index in [1.165, 1.54) is 12.8 Å². The molecule has 1 aliphatic heterocycles. The number of nitrogens with zero attached hydrogens (tertiary/aromatic N) is 1. The van der Waals surface area contributed by atoms with Crippen LogP contribution in [0, 0.1) is 0 Å². The third-order valence-electron chi connectivity index (χ3n) is 3.19. The molecule has 1 N–H and O–H groups in total. The lowest BCUT2D eigenvalue weighted by Crippen LogP contribution is -2.45. The largest absolute Gasteiger partial charge is 0.381 e. The van der Waals surface area contributed by atoms with Gasteiger partial charge < -0.3 is 15.0 Å². The zero-order valence-electron chi connectivity index (χ0n) is 11.4. The number of ether oxygens (including phenoxy) is 1. The standard InChI is InChI=1S/C13H26N2O2/c1-4-17-9-7-13(16)15(11(2)3)10-12-6-5-8-14-12/h11-12,14H,4-10H2,1-3H3. The SMILES string of the molecule is CCOCCC(=O)N(CC1CCCN1)C(C)C. The van der Waals surface area contributed by atoms with Crippen LogP contribution in [-0.4, -0.2) is 49.2 Å². The molecule has 1 saturated heterocycles. The minimum atomic E-state index is 0.210. The van der Waals surface area contributed by atoms with Crippen molar-refractivity contribution in [1.82, 2.24) is 10.2 Å². The van der Waals surface area contributed by atoms with E-state index in [4.69, 9.17) is 4.74 Å². The van der Waals surface area contributed by atoms with Gasteiger partial charge in [0.2, 0.25) is 5.91 Å². The molecule has 100 valence electrons. The zero-order chi connectivity index (χ0) is 12.7. The fourth-order valence-corrected chi connectivity index (χ4v) is 2.20. The van der Waals surface area contributed by atoms with Crippen molar-refractivity contribution in [3.05, 3.63) is 0 Å². The summed E-state index contributed by atoms with van der Waals surface area (Å²) < 4.78 is 5.24. The monoisotopic (exact) mass is 242 g/mol. The van der Waals surface area contributed by atoms with Crippen LogP contribution in [0.25, 0.3) is 0 Å². The van der Waals surface area contributed by atoms with Gasteiger partial charge in [0.25, 0.3) is 0 Å². The summed E-state index contributed by atoms with van der Waals surface area (Å²) >= 11 is 0. The number of nitrogens with one attached hydrogen (secondary N) is 1. The molecule has 0 aliphatic carbocycles. The summed E-state index contributed by atoms with van der Waals surface area (Å²) in [4.78, 5) is 14.0. The number of carbonyl (C=O) groups excluding carboxylic acids is 1. The first kappa shape index (κ1) is 14.5. The molecule has 1 unspecified atom stereocenters. The van der Waals surface area contributed by atoms with E-state index in [0.717, 1.165) is 13.1 Å². The predicted octanol–water partition coefficient (Wildman–Crippen LogP) is 1.40. The number of hydrogen-bond acceptors (Lipinski definition) is 3. The van der Waals surface area contributed by atoms with Gasteiger partial charge in [0, 0.05) is 25.2 Å². The molecule has 1 heterocycles. The molecular weight excluding hydrogens is 216 g/mol. The van der Waals surface area contributed by atoms with Gasteiger partial charge in [-0.1, -0.05) is 0 Å². The first-order valence-corrected chi connectivity index (χ1v) is 6.75. The normalized spacial score (nSPS) is 19.9. The van der Waals surface area contributed by atoms with Gasteiger partial charge in [-0.15, -0.1) is 0 Å². The molecule has 0 radical (unpaired) electrons. The molecule has 0 bridgehead atoms. The number of amides is 1. The molecule has 0 aromatic carbocycles. The van der Waals surface area contributed by atoms with E-state index >= 15 is 0 Å². The van der Waals surface area contributed by atoms with Gasteiger partial charge in [-0.05, 0) is 40.2 Å². The maximum absolute atomic E-state index is 12.1. The molecule has 0 aromatic rings. The van der Waals surface area contributed by atoms with Crippen molar-refractivity contribution in [2.45, 2.75) is 52.1 Å². The van der Waals surface area contributed by atoms with E-state index < -0.39 is 0 Å². The van der Waals surface area contributed by atoms with Crippen LogP contribution >= 0.6 is 0 Å². The van der Waals surface area contributed by atoms with Gasteiger partial charge in [-0.2, -0.15) is 0 Å². The van der Waals surface area contributed by atoms with E-state index in [-0.39, 0.29) is 11.9 Å². The lowest BCUT2D eigenvalue weighted by molar-refractivity contribution is -0.134. The second kappa shape index (κ2) is 7.67. The molecule has 4 nitrogen and oxygen atoms in total. The Kier molecular flexibility index (Phi) is 6.52. The van der Waals surface area contributed by atoms with Gasteiger partial charge in [-0.25, -0.2) is 0 Å². The minimum absolute atomic E-state index is 0.210. The van der Waals surface area contributed by atoms with Crippen molar-refractivity contribution in [1.29, 1.82) is 0 Å². The van der Waals surface area contributed by atoms with Gasteiger partial charge in [0.15, 0.2) is 0 Å². The number of hydrogen-bond donors (Lipinski definition) is 1. The van der Waals surface area contributed by atoms with Crippen LogP contribution in [0.4, 0.5) is 0 Å². The van der Waals surface area contributed by atoms with Crippen molar-refractivity contribution < 1.29 is 9.53 Å². The second-order valence-electron chi connectivity index (χ2n) is 4.88. The van der Waals surface area contributed by atoms with Gasteiger partial charge in [-0.3, -0.25) is 4.79 Å². The van der Waals surface area contributed by atoms with Crippen molar-refractivity contribution in [2.75, 3.05) is 26.3 Å². The summed E-state index contributed by atoms with van der Waals surface area (Å²) in [7, 11) is 0. The van der Waals surface area contributed by atoms with E-state index in [2.05, 4.69) is 19.2 Å². The Hall–Kier alpha value is -0.610. The van der Waals surface area contributed by atoms with Crippen LogP contribution in [0.15, 0.2) is 0 Å². The number of rotatable bonds is 7. The molecule has 1 amide bonds. The zero-order valence-corrected chi connectivity index (χ0v) is 11.4. The molecule has 4 heteroatoms. The molecule has 0 spiro atoms. The first-order chi connectivity index (χ1) is 8.15. The van der Waals surface area contributed by atoms with Crippen LogP contribution < -0.4 is 5.32 Å². The molecule has 0 saturated carbocycles. The molecule has 1 atom stereocenters.